The molecule has 0 aromatic carbocycles. The van der Waals surface area contributed by atoms with Gasteiger partial charge in [-0.3, -0.25) is 4.90 Å². The van der Waals surface area contributed by atoms with E-state index in [1.165, 1.54) is 5.57 Å². The molecule has 0 aromatic heterocycles. The summed E-state index contributed by atoms with van der Waals surface area (Å²) in [5.74, 6) is 0. The molecular formula is C13H26N2O2. The van der Waals surface area contributed by atoms with Crippen molar-refractivity contribution in [2.75, 3.05) is 47.1 Å². The van der Waals surface area contributed by atoms with E-state index < -0.39 is 0 Å². The van der Waals surface area contributed by atoms with Gasteiger partial charge >= 0.3 is 0 Å². The average Bonchev–Trinajstić information content (AvgIpc) is 2.32. The normalized spacial score (nSPS) is 19.1. The monoisotopic (exact) mass is 242 g/mol. The van der Waals surface area contributed by atoms with Gasteiger partial charge in [-0.25, -0.2) is 0 Å². The number of rotatable bonds is 8. The van der Waals surface area contributed by atoms with Crippen LogP contribution in [0.4, 0.5) is 0 Å². The zero-order valence-corrected chi connectivity index (χ0v) is 11.2. The van der Waals surface area contributed by atoms with Crippen molar-refractivity contribution in [3.05, 3.63) is 11.6 Å². The van der Waals surface area contributed by atoms with Gasteiger partial charge in [-0.05, 0) is 24.8 Å². The van der Waals surface area contributed by atoms with Crippen LogP contribution in [-0.2, 0) is 9.47 Å². The van der Waals surface area contributed by atoms with Crippen molar-refractivity contribution in [3.63, 3.8) is 0 Å². The predicted octanol–water partition coefficient (Wildman–Crippen LogP) is 1.02. The van der Waals surface area contributed by atoms with Crippen LogP contribution in [0.25, 0.3) is 0 Å². The number of nitrogens with zero attached hydrogens (tertiary/aromatic N) is 1. The Kier molecular flexibility index (Phi) is 7.44. The maximum Gasteiger partial charge on any atom is 0.0673 e. The fourth-order valence-corrected chi connectivity index (χ4v) is 2.15. The van der Waals surface area contributed by atoms with Crippen LogP contribution in [0.5, 0.6) is 0 Å². The molecule has 1 atom stereocenters. The van der Waals surface area contributed by atoms with E-state index in [0.717, 1.165) is 52.1 Å². The number of ether oxygens (including phenoxy) is 2. The predicted molar refractivity (Wildman–Crippen MR) is 70.1 cm³/mol. The van der Waals surface area contributed by atoms with Crippen LogP contribution >= 0.6 is 0 Å². The smallest absolute Gasteiger partial charge is 0.0673 e. The second kappa shape index (κ2) is 8.64. The molecule has 1 heterocycles. The van der Waals surface area contributed by atoms with E-state index >= 15 is 0 Å². The van der Waals surface area contributed by atoms with E-state index in [4.69, 9.17) is 15.2 Å². The first-order valence-electron chi connectivity index (χ1n) is 6.40. The van der Waals surface area contributed by atoms with Crippen LogP contribution < -0.4 is 5.73 Å². The summed E-state index contributed by atoms with van der Waals surface area (Å²) >= 11 is 0. The highest BCUT2D eigenvalue weighted by atomic mass is 16.5. The number of nitrogens with two attached hydrogens (primary N) is 1. The zero-order chi connectivity index (χ0) is 12.5. The summed E-state index contributed by atoms with van der Waals surface area (Å²) in [6, 6.07) is 0.266. The van der Waals surface area contributed by atoms with Crippen LogP contribution in [0.15, 0.2) is 11.6 Å². The summed E-state index contributed by atoms with van der Waals surface area (Å²) < 4.78 is 10.2. The van der Waals surface area contributed by atoms with Crippen LogP contribution in [0.2, 0.25) is 0 Å². The molecule has 0 amide bonds. The van der Waals surface area contributed by atoms with Crippen LogP contribution in [0.1, 0.15) is 19.3 Å². The molecule has 4 nitrogen and oxygen atoms in total. The van der Waals surface area contributed by atoms with Crippen molar-refractivity contribution in [1.29, 1.82) is 0 Å². The van der Waals surface area contributed by atoms with Crippen LogP contribution in [0.3, 0.4) is 0 Å². The quantitative estimate of drug-likeness (QED) is 0.510. The largest absolute Gasteiger partial charge is 0.385 e. The minimum Gasteiger partial charge on any atom is -0.385 e. The summed E-state index contributed by atoms with van der Waals surface area (Å²) in [5, 5.41) is 0. The van der Waals surface area contributed by atoms with Gasteiger partial charge in [-0.15, -0.1) is 0 Å². The van der Waals surface area contributed by atoms with Crippen molar-refractivity contribution in [2.24, 2.45) is 5.73 Å². The van der Waals surface area contributed by atoms with Gasteiger partial charge in [0.15, 0.2) is 0 Å². The van der Waals surface area contributed by atoms with E-state index in [0.29, 0.717) is 0 Å². The Labute approximate surface area is 105 Å². The third kappa shape index (κ3) is 6.17. The molecular weight excluding hydrogens is 216 g/mol. The first kappa shape index (κ1) is 14.6. The molecule has 1 rings (SSSR count). The highest BCUT2D eigenvalue weighted by molar-refractivity contribution is 5.07. The third-order valence-electron chi connectivity index (χ3n) is 3.13. The molecule has 0 spiro atoms. The topological polar surface area (TPSA) is 47.7 Å². The highest BCUT2D eigenvalue weighted by Crippen LogP contribution is 2.11. The van der Waals surface area contributed by atoms with Gasteiger partial charge in [-0.1, -0.05) is 6.08 Å². The zero-order valence-electron chi connectivity index (χ0n) is 11.2. The first-order chi connectivity index (χ1) is 8.26. The molecule has 17 heavy (non-hydrogen) atoms. The third-order valence-corrected chi connectivity index (χ3v) is 3.13. The lowest BCUT2D eigenvalue weighted by molar-refractivity contribution is 0.184. The summed E-state index contributed by atoms with van der Waals surface area (Å²) in [6.07, 6.45) is 5.47. The lowest BCUT2D eigenvalue weighted by Gasteiger charge is -2.28. The van der Waals surface area contributed by atoms with Crippen molar-refractivity contribution in [1.82, 2.24) is 4.90 Å². The molecule has 0 bridgehead atoms. The van der Waals surface area contributed by atoms with Gasteiger partial charge in [0.1, 0.15) is 0 Å². The molecule has 4 heteroatoms. The van der Waals surface area contributed by atoms with Gasteiger partial charge in [0.25, 0.3) is 0 Å². The summed E-state index contributed by atoms with van der Waals surface area (Å²) in [6.45, 7) is 4.68. The Bertz CT molecular complexity index is 231. The average molecular weight is 242 g/mol. The number of hydrogen-bond donors (Lipinski definition) is 1. The number of hydrogen-bond acceptors (Lipinski definition) is 4. The van der Waals surface area contributed by atoms with Crippen LogP contribution in [-0.4, -0.2) is 58.0 Å². The standard InChI is InChI=1S/C13H26N2O2/c1-16-9-3-4-13(14)10-15-7-5-12(6-8-15)11-17-2/h5,13H,3-4,6-11,14H2,1-2H3. The molecule has 0 aliphatic carbocycles. The fourth-order valence-electron chi connectivity index (χ4n) is 2.15. The van der Waals surface area contributed by atoms with Gasteiger partial charge < -0.3 is 15.2 Å². The molecule has 1 aliphatic heterocycles. The maximum absolute atomic E-state index is 6.10. The summed E-state index contributed by atoms with van der Waals surface area (Å²) in [4.78, 5) is 2.41. The van der Waals surface area contributed by atoms with E-state index in [2.05, 4.69) is 11.0 Å². The summed E-state index contributed by atoms with van der Waals surface area (Å²) in [7, 11) is 3.48. The van der Waals surface area contributed by atoms with E-state index in [-0.39, 0.29) is 6.04 Å². The molecule has 100 valence electrons. The van der Waals surface area contributed by atoms with Crippen molar-refractivity contribution in [3.8, 4) is 0 Å². The van der Waals surface area contributed by atoms with E-state index in [1.54, 1.807) is 14.2 Å². The van der Waals surface area contributed by atoms with Crippen molar-refractivity contribution in [2.45, 2.75) is 25.3 Å². The molecule has 1 aliphatic rings. The van der Waals surface area contributed by atoms with Crippen molar-refractivity contribution < 1.29 is 9.47 Å². The molecule has 0 saturated heterocycles. The molecule has 0 saturated carbocycles. The Morgan fingerprint density at radius 1 is 1.41 bits per heavy atom. The Hall–Kier alpha value is -0.420. The second-order valence-corrected chi connectivity index (χ2v) is 4.70. The van der Waals surface area contributed by atoms with Crippen molar-refractivity contribution >= 4 is 0 Å². The Morgan fingerprint density at radius 2 is 2.24 bits per heavy atom. The van der Waals surface area contributed by atoms with Gasteiger partial charge in [-0.2, -0.15) is 0 Å². The molecule has 0 fully saturated rings. The molecule has 2 N–H and O–H groups in total. The lowest BCUT2D eigenvalue weighted by Crippen LogP contribution is -2.40. The maximum atomic E-state index is 6.10. The minimum atomic E-state index is 0.266. The van der Waals surface area contributed by atoms with E-state index in [9.17, 15) is 0 Å². The molecule has 0 aromatic rings. The van der Waals surface area contributed by atoms with Gasteiger partial charge in [0.2, 0.25) is 0 Å². The second-order valence-electron chi connectivity index (χ2n) is 4.70. The molecule has 1 unspecified atom stereocenters. The highest BCUT2D eigenvalue weighted by Gasteiger charge is 2.14. The fraction of sp³-hybridized carbons (Fsp3) is 0.846. The first-order valence-corrected chi connectivity index (χ1v) is 6.40. The van der Waals surface area contributed by atoms with Gasteiger partial charge in [0.05, 0.1) is 6.61 Å². The number of methoxy groups -OCH3 is 2. The van der Waals surface area contributed by atoms with Gasteiger partial charge in [0, 0.05) is 46.5 Å². The SMILES string of the molecule is COCCCC(N)CN1CC=C(COC)CC1. The lowest BCUT2D eigenvalue weighted by atomic mass is 10.1. The molecule has 0 radical (unpaired) electrons. The van der Waals surface area contributed by atoms with Crippen LogP contribution in [0, 0.1) is 0 Å². The Balaban J connectivity index is 2.16. The minimum absolute atomic E-state index is 0.266. The van der Waals surface area contributed by atoms with E-state index in [1.807, 2.05) is 0 Å². The Morgan fingerprint density at radius 3 is 2.82 bits per heavy atom. The summed E-state index contributed by atoms with van der Waals surface area (Å²) in [5.41, 5.74) is 7.51.